The van der Waals surface area contributed by atoms with Gasteiger partial charge in [0.1, 0.15) is 0 Å². The molecule has 13 heavy (non-hydrogen) atoms. The zero-order chi connectivity index (χ0) is 9.10. The van der Waals surface area contributed by atoms with Crippen molar-refractivity contribution in [2.75, 3.05) is 18.1 Å². The molecule has 0 saturated carbocycles. The molecule has 2 aliphatic rings. The van der Waals surface area contributed by atoms with E-state index in [0.717, 1.165) is 18.8 Å². The third-order valence-electron chi connectivity index (χ3n) is 2.99. The third kappa shape index (κ3) is 2.19. The van der Waals surface area contributed by atoms with Crippen LogP contribution in [-0.2, 0) is 0 Å². The average Bonchev–Trinajstić information content (AvgIpc) is 2.20. The molecule has 1 atom stereocenters. The van der Waals surface area contributed by atoms with E-state index < -0.39 is 0 Å². The van der Waals surface area contributed by atoms with E-state index in [0.29, 0.717) is 6.04 Å². The number of thioether (sulfide) groups is 1. The summed E-state index contributed by atoms with van der Waals surface area (Å²) in [4.78, 5) is 2.36. The second kappa shape index (κ2) is 4.36. The first kappa shape index (κ1) is 9.38. The fourth-order valence-electron chi connectivity index (χ4n) is 2.23. The maximum atomic E-state index is 7.90. The Morgan fingerprint density at radius 1 is 1.31 bits per heavy atom. The van der Waals surface area contributed by atoms with Crippen LogP contribution >= 0.6 is 11.8 Å². The number of nitrogens with zero attached hydrogens (tertiary/aromatic N) is 1. The average molecular weight is 198 g/mol. The van der Waals surface area contributed by atoms with Crippen molar-refractivity contribution < 1.29 is 0 Å². The van der Waals surface area contributed by atoms with Gasteiger partial charge in [0.25, 0.3) is 0 Å². The molecule has 0 amide bonds. The fourth-order valence-corrected chi connectivity index (χ4v) is 3.38. The van der Waals surface area contributed by atoms with E-state index in [-0.39, 0.29) is 0 Å². The van der Waals surface area contributed by atoms with Crippen molar-refractivity contribution >= 4 is 17.6 Å². The maximum absolute atomic E-state index is 7.90. The minimum atomic E-state index is 0.687. The second-order valence-corrected chi connectivity index (χ2v) is 5.12. The van der Waals surface area contributed by atoms with Gasteiger partial charge >= 0.3 is 0 Å². The lowest BCUT2D eigenvalue weighted by atomic mass is 10.0. The number of nitrogens with one attached hydrogen (secondary N) is 1. The standard InChI is InChI=1S/C10H18N2S/c11-10-5-1-2-6-12(10)9-4-3-7-13-8-9/h9,11H,1-8H2. The summed E-state index contributed by atoms with van der Waals surface area (Å²) in [5.41, 5.74) is 0. The van der Waals surface area contributed by atoms with E-state index in [2.05, 4.69) is 16.7 Å². The van der Waals surface area contributed by atoms with E-state index in [1.165, 1.54) is 37.2 Å². The zero-order valence-corrected chi connectivity index (χ0v) is 8.91. The number of hydrogen-bond donors (Lipinski definition) is 1. The largest absolute Gasteiger partial charge is 0.357 e. The molecule has 0 aliphatic carbocycles. The molecule has 2 aliphatic heterocycles. The fraction of sp³-hybridized carbons (Fsp3) is 0.900. The van der Waals surface area contributed by atoms with E-state index in [4.69, 9.17) is 5.41 Å². The summed E-state index contributed by atoms with van der Waals surface area (Å²) in [6.07, 6.45) is 6.20. The summed E-state index contributed by atoms with van der Waals surface area (Å²) >= 11 is 2.06. The van der Waals surface area contributed by atoms with Gasteiger partial charge in [-0.3, -0.25) is 5.41 Å². The molecule has 2 heterocycles. The Morgan fingerprint density at radius 2 is 2.23 bits per heavy atom. The normalized spacial score (nSPS) is 30.6. The Morgan fingerprint density at radius 3 is 2.92 bits per heavy atom. The molecule has 74 valence electrons. The lowest BCUT2D eigenvalue weighted by Gasteiger charge is -2.38. The van der Waals surface area contributed by atoms with Crippen LogP contribution in [0.5, 0.6) is 0 Å². The van der Waals surface area contributed by atoms with Crippen LogP contribution in [0.1, 0.15) is 32.1 Å². The van der Waals surface area contributed by atoms with Crippen molar-refractivity contribution in [2.45, 2.75) is 38.1 Å². The maximum Gasteiger partial charge on any atom is 0.0960 e. The molecule has 0 bridgehead atoms. The predicted molar refractivity (Wildman–Crippen MR) is 58.6 cm³/mol. The smallest absolute Gasteiger partial charge is 0.0960 e. The Balaban J connectivity index is 1.92. The summed E-state index contributed by atoms with van der Waals surface area (Å²) in [6.45, 7) is 1.14. The molecule has 2 nitrogen and oxygen atoms in total. The van der Waals surface area contributed by atoms with Gasteiger partial charge in [0.15, 0.2) is 0 Å². The van der Waals surface area contributed by atoms with Gasteiger partial charge in [0.05, 0.1) is 5.84 Å². The summed E-state index contributed by atoms with van der Waals surface area (Å²) in [5.74, 6) is 3.49. The number of amidine groups is 1. The van der Waals surface area contributed by atoms with Crippen molar-refractivity contribution in [1.82, 2.24) is 4.90 Å². The van der Waals surface area contributed by atoms with Gasteiger partial charge in [-0.05, 0) is 31.4 Å². The van der Waals surface area contributed by atoms with Crippen LogP contribution in [0.2, 0.25) is 0 Å². The highest BCUT2D eigenvalue weighted by Gasteiger charge is 2.24. The zero-order valence-electron chi connectivity index (χ0n) is 8.09. The molecule has 0 spiro atoms. The minimum absolute atomic E-state index is 0.687. The monoisotopic (exact) mass is 198 g/mol. The Labute approximate surface area is 84.6 Å². The van der Waals surface area contributed by atoms with Crippen molar-refractivity contribution in [2.24, 2.45) is 0 Å². The van der Waals surface area contributed by atoms with Gasteiger partial charge in [-0.25, -0.2) is 0 Å². The molecule has 0 aromatic rings. The Hall–Kier alpha value is -0.180. The number of rotatable bonds is 1. The van der Waals surface area contributed by atoms with Crippen molar-refractivity contribution in [1.29, 1.82) is 5.41 Å². The quantitative estimate of drug-likeness (QED) is 0.700. The first-order chi connectivity index (χ1) is 6.38. The molecule has 3 heteroatoms. The Bertz CT molecular complexity index is 187. The van der Waals surface area contributed by atoms with Gasteiger partial charge in [-0.2, -0.15) is 11.8 Å². The van der Waals surface area contributed by atoms with Crippen LogP contribution in [0.4, 0.5) is 0 Å². The van der Waals surface area contributed by atoms with Gasteiger partial charge in [-0.1, -0.05) is 0 Å². The van der Waals surface area contributed by atoms with E-state index >= 15 is 0 Å². The van der Waals surface area contributed by atoms with E-state index in [1.54, 1.807) is 0 Å². The number of likely N-dealkylation sites (tertiary alicyclic amines) is 1. The van der Waals surface area contributed by atoms with Gasteiger partial charge in [0.2, 0.25) is 0 Å². The highest BCUT2D eigenvalue weighted by Crippen LogP contribution is 2.24. The topological polar surface area (TPSA) is 27.1 Å². The summed E-state index contributed by atoms with van der Waals surface area (Å²) in [7, 11) is 0. The Kier molecular flexibility index (Phi) is 3.14. The molecular formula is C10H18N2S. The molecule has 0 radical (unpaired) electrons. The lowest BCUT2D eigenvalue weighted by molar-refractivity contribution is 0.282. The first-order valence-electron chi connectivity index (χ1n) is 5.30. The molecule has 0 aromatic carbocycles. The third-order valence-corrected chi connectivity index (χ3v) is 4.18. The van der Waals surface area contributed by atoms with Crippen molar-refractivity contribution in [3.8, 4) is 0 Å². The van der Waals surface area contributed by atoms with Crippen LogP contribution in [0.15, 0.2) is 0 Å². The summed E-state index contributed by atoms with van der Waals surface area (Å²) < 4.78 is 0. The van der Waals surface area contributed by atoms with Crippen LogP contribution in [-0.4, -0.2) is 34.8 Å². The number of hydrogen-bond acceptors (Lipinski definition) is 2. The van der Waals surface area contributed by atoms with Crippen LogP contribution in [0.3, 0.4) is 0 Å². The first-order valence-corrected chi connectivity index (χ1v) is 6.45. The van der Waals surface area contributed by atoms with Gasteiger partial charge < -0.3 is 4.90 Å². The molecule has 1 unspecified atom stereocenters. The molecule has 2 rings (SSSR count). The lowest BCUT2D eigenvalue weighted by Crippen LogP contribution is -2.45. The van der Waals surface area contributed by atoms with E-state index in [9.17, 15) is 0 Å². The number of piperidine rings is 1. The molecule has 2 saturated heterocycles. The van der Waals surface area contributed by atoms with E-state index in [1.807, 2.05) is 0 Å². The highest BCUT2D eigenvalue weighted by atomic mass is 32.2. The molecule has 2 fully saturated rings. The van der Waals surface area contributed by atoms with Gasteiger partial charge in [-0.15, -0.1) is 0 Å². The van der Waals surface area contributed by atoms with Crippen LogP contribution in [0, 0.1) is 5.41 Å². The van der Waals surface area contributed by atoms with Crippen LogP contribution in [0.25, 0.3) is 0 Å². The molecule has 1 N–H and O–H groups in total. The van der Waals surface area contributed by atoms with Crippen molar-refractivity contribution in [3.63, 3.8) is 0 Å². The molecule has 0 aromatic heterocycles. The van der Waals surface area contributed by atoms with Gasteiger partial charge in [0, 0.05) is 24.8 Å². The second-order valence-electron chi connectivity index (χ2n) is 3.97. The molecular weight excluding hydrogens is 180 g/mol. The highest BCUT2D eigenvalue weighted by molar-refractivity contribution is 7.99. The minimum Gasteiger partial charge on any atom is -0.357 e. The predicted octanol–water partition coefficient (Wildman–Crippen LogP) is 2.35. The SMILES string of the molecule is N=C1CCCCN1C1CCCSC1. The summed E-state index contributed by atoms with van der Waals surface area (Å²) in [5, 5.41) is 7.90. The van der Waals surface area contributed by atoms with Crippen LogP contribution < -0.4 is 0 Å². The van der Waals surface area contributed by atoms with Crippen molar-refractivity contribution in [3.05, 3.63) is 0 Å². The summed E-state index contributed by atoms with van der Waals surface area (Å²) in [6, 6.07) is 0.687.